The van der Waals surface area contributed by atoms with Crippen molar-refractivity contribution in [1.82, 2.24) is 4.90 Å². The summed E-state index contributed by atoms with van der Waals surface area (Å²) in [5.74, 6) is 0.226. The molecule has 3 aromatic carbocycles. The molecule has 0 atom stereocenters. The van der Waals surface area contributed by atoms with Crippen LogP contribution >= 0.6 is 11.8 Å². The molecule has 140 valence electrons. The van der Waals surface area contributed by atoms with E-state index in [2.05, 4.69) is 6.07 Å². The maximum Gasteiger partial charge on any atom is 0.255 e. The fourth-order valence-electron chi connectivity index (χ4n) is 2.77. The van der Waals surface area contributed by atoms with E-state index in [4.69, 9.17) is 5.26 Å². The predicted molar refractivity (Wildman–Crippen MR) is 109 cm³/mol. The molecule has 0 N–H and O–H groups in total. The lowest BCUT2D eigenvalue weighted by Gasteiger charge is -2.19. The largest absolute Gasteiger partial charge is 0.337 e. The second-order valence-corrected chi connectivity index (χ2v) is 7.36. The molecule has 0 saturated carbocycles. The third-order valence-electron chi connectivity index (χ3n) is 4.31. The van der Waals surface area contributed by atoms with E-state index in [0.717, 1.165) is 10.5 Å². The monoisotopic (exact) mass is 390 g/mol. The van der Waals surface area contributed by atoms with Gasteiger partial charge in [0, 0.05) is 29.8 Å². The number of nitrogens with zero attached hydrogens (tertiary/aromatic N) is 2. The molecule has 0 radical (unpaired) electrons. The first-order chi connectivity index (χ1) is 13.6. The zero-order valence-corrected chi connectivity index (χ0v) is 16.2. The van der Waals surface area contributed by atoms with Gasteiger partial charge in [-0.3, -0.25) is 4.79 Å². The number of hydrogen-bond acceptors (Lipinski definition) is 3. The summed E-state index contributed by atoms with van der Waals surface area (Å²) in [6.07, 6.45) is 0. The van der Waals surface area contributed by atoms with E-state index in [9.17, 15) is 9.18 Å². The molecule has 0 aliphatic rings. The normalized spacial score (nSPS) is 10.3. The number of thioether (sulfide) groups is 1. The van der Waals surface area contributed by atoms with Gasteiger partial charge in [0.25, 0.3) is 5.91 Å². The zero-order chi connectivity index (χ0) is 19.9. The van der Waals surface area contributed by atoms with Gasteiger partial charge >= 0.3 is 0 Å². The Kier molecular flexibility index (Phi) is 6.46. The maximum atomic E-state index is 13.9. The minimum Gasteiger partial charge on any atom is -0.337 e. The number of rotatable bonds is 6. The minimum atomic E-state index is -0.314. The molecule has 0 heterocycles. The summed E-state index contributed by atoms with van der Waals surface area (Å²) in [4.78, 5) is 15.3. The molecule has 0 bridgehead atoms. The lowest BCUT2D eigenvalue weighted by atomic mass is 10.1. The number of hydrogen-bond donors (Lipinski definition) is 0. The summed E-state index contributed by atoms with van der Waals surface area (Å²) >= 11 is 1.56. The van der Waals surface area contributed by atoms with Crippen LogP contribution in [0.1, 0.15) is 27.0 Å². The van der Waals surface area contributed by atoms with Gasteiger partial charge in [-0.2, -0.15) is 5.26 Å². The standard InChI is InChI=1S/C23H19FN2OS/c1-26(15-19-6-2-4-8-21(19)24)23(27)20-7-3-5-9-22(20)28-16-18-12-10-17(14-25)11-13-18/h2-13H,15-16H2,1H3. The lowest BCUT2D eigenvalue weighted by Crippen LogP contribution is -2.27. The fraction of sp³-hybridized carbons (Fsp3) is 0.130. The van der Waals surface area contributed by atoms with Gasteiger partial charge in [0.05, 0.1) is 17.2 Å². The molecule has 0 aliphatic heterocycles. The van der Waals surface area contributed by atoms with Crippen LogP contribution in [0.25, 0.3) is 0 Å². The highest BCUT2D eigenvalue weighted by Crippen LogP contribution is 2.27. The molecule has 0 saturated heterocycles. The molecule has 1 amide bonds. The highest BCUT2D eigenvalue weighted by molar-refractivity contribution is 7.98. The van der Waals surface area contributed by atoms with Gasteiger partial charge in [0.15, 0.2) is 0 Å². The summed E-state index contributed by atoms with van der Waals surface area (Å²) in [6, 6.07) is 23.4. The van der Waals surface area contributed by atoms with Crippen molar-refractivity contribution in [2.24, 2.45) is 0 Å². The third-order valence-corrected chi connectivity index (χ3v) is 5.45. The molecule has 5 heteroatoms. The van der Waals surface area contributed by atoms with E-state index in [1.54, 1.807) is 55.2 Å². The molecule has 28 heavy (non-hydrogen) atoms. The van der Waals surface area contributed by atoms with Crippen molar-refractivity contribution in [1.29, 1.82) is 5.26 Å². The fourth-order valence-corrected chi connectivity index (χ4v) is 3.77. The van der Waals surface area contributed by atoms with Crippen molar-refractivity contribution in [3.8, 4) is 6.07 Å². The van der Waals surface area contributed by atoms with Crippen LogP contribution in [0, 0.1) is 17.1 Å². The summed E-state index contributed by atoms with van der Waals surface area (Å²) in [6.45, 7) is 0.208. The minimum absolute atomic E-state index is 0.147. The summed E-state index contributed by atoms with van der Waals surface area (Å²) < 4.78 is 13.9. The van der Waals surface area contributed by atoms with Gasteiger partial charge in [-0.1, -0.05) is 42.5 Å². The molecule has 0 unspecified atom stereocenters. The van der Waals surface area contributed by atoms with E-state index in [-0.39, 0.29) is 18.3 Å². The van der Waals surface area contributed by atoms with Crippen molar-refractivity contribution >= 4 is 17.7 Å². The summed E-state index contributed by atoms with van der Waals surface area (Å²) in [7, 11) is 1.68. The molecule has 3 nitrogen and oxygen atoms in total. The molecule has 0 fully saturated rings. The number of carbonyl (C=O) groups is 1. The first kappa shape index (κ1) is 19.7. The average molecular weight is 390 g/mol. The van der Waals surface area contributed by atoms with Gasteiger partial charge in [-0.25, -0.2) is 4.39 Å². The van der Waals surface area contributed by atoms with Crippen molar-refractivity contribution in [3.05, 3.63) is 101 Å². The van der Waals surface area contributed by atoms with Crippen molar-refractivity contribution in [2.75, 3.05) is 7.05 Å². The Hall–Kier alpha value is -3.10. The molecule has 0 aliphatic carbocycles. The van der Waals surface area contributed by atoms with Crippen molar-refractivity contribution < 1.29 is 9.18 Å². The summed E-state index contributed by atoms with van der Waals surface area (Å²) in [5, 5.41) is 8.89. The Morgan fingerprint density at radius 2 is 1.71 bits per heavy atom. The van der Waals surface area contributed by atoms with E-state index in [1.165, 1.54) is 11.0 Å². The lowest BCUT2D eigenvalue weighted by molar-refractivity contribution is 0.0780. The van der Waals surface area contributed by atoms with Crippen LogP contribution in [0.2, 0.25) is 0 Å². The molecule has 0 aromatic heterocycles. The molecule has 0 spiro atoms. The number of carbonyl (C=O) groups excluding carboxylic acids is 1. The van der Waals surface area contributed by atoms with Gasteiger partial charge < -0.3 is 4.90 Å². The van der Waals surface area contributed by atoms with Crippen LogP contribution in [0.15, 0.2) is 77.7 Å². The molecular formula is C23H19FN2OS. The predicted octanol–water partition coefficient (Wildman–Crippen LogP) is 5.26. The van der Waals surface area contributed by atoms with Crippen molar-refractivity contribution in [2.45, 2.75) is 17.2 Å². The highest BCUT2D eigenvalue weighted by atomic mass is 32.2. The van der Waals surface area contributed by atoms with Crippen LogP contribution in [-0.2, 0) is 12.3 Å². The molecular weight excluding hydrogens is 371 g/mol. The van der Waals surface area contributed by atoms with E-state index >= 15 is 0 Å². The van der Waals surface area contributed by atoms with Crippen LogP contribution in [0.4, 0.5) is 4.39 Å². The third kappa shape index (κ3) is 4.79. The Bertz CT molecular complexity index is 1010. The number of halogens is 1. The van der Waals surface area contributed by atoms with Crippen LogP contribution in [-0.4, -0.2) is 17.9 Å². The first-order valence-corrected chi connectivity index (χ1v) is 9.77. The second-order valence-electron chi connectivity index (χ2n) is 6.35. The number of benzene rings is 3. The van der Waals surface area contributed by atoms with Gasteiger partial charge in [0.2, 0.25) is 0 Å². The smallest absolute Gasteiger partial charge is 0.255 e. The molecule has 3 aromatic rings. The topological polar surface area (TPSA) is 44.1 Å². The van der Waals surface area contributed by atoms with E-state index in [0.29, 0.717) is 22.4 Å². The first-order valence-electron chi connectivity index (χ1n) is 8.78. The maximum absolute atomic E-state index is 13.9. The zero-order valence-electron chi connectivity index (χ0n) is 15.4. The number of amides is 1. The Morgan fingerprint density at radius 1 is 1.04 bits per heavy atom. The highest BCUT2D eigenvalue weighted by Gasteiger charge is 2.17. The van der Waals surface area contributed by atoms with Crippen LogP contribution in [0.3, 0.4) is 0 Å². The average Bonchev–Trinajstić information content (AvgIpc) is 2.74. The Balaban J connectivity index is 1.72. The SMILES string of the molecule is CN(Cc1ccccc1F)C(=O)c1ccccc1SCc1ccc(C#N)cc1. The summed E-state index contributed by atoms with van der Waals surface area (Å²) in [5.41, 5.74) is 2.78. The van der Waals surface area contributed by atoms with E-state index in [1.807, 2.05) is 30.3 Å². The Labute approximate surface area is 168 Å². The van der Waals surface area contributed by atoms with Crippen molar-refractivity contribution in [3.63, 3.8) is 0 Å². The van der Waals surface area contributed by atoms with Gasteiger partial charge in [-0.15, -0.1) is 11.8 Å². The van der Waals surface area contributed by atoms with Gasteiger partial charge in [-0.05, 0) is 35.9 Å². The Morgan fingerprint density at radius 3 is 2.43 bits per heavy atom. The van der Waals surface area contributed by atoms with E-state index < -0.39 is 0 Å². The molecule has 3 rings (SSSR count). The second kappa shape index (κ2) is 9.20. The van der Waals surface area contributed by atoms with Crippen LogP contribution < -0.4 is 0 Å². The van der Waals surface area contributed by atoms with Gasteiger partial charge in [0.1, 0.15) is 5.82 Å². The van der Waals surface area contributed by atoms with Crippen LogP contribution in [0.5, 0.6) is 0 Å². The number of nitriles is 1. The quantitative estimate of drug-likeness (QED) is 0.539.